The van der Waals surface area contributed by atoms with Crippen molar-refractivity contribution in [2.24, 2.45) is 0 Å². The highest BCUT2D eigenvalue weighted by Crippen LogP contribution is 2.29. The molecule has 0 amide bonds. The number of unbranched alkanes of at least 4 members (excludes halogenated alkanes) is 2. The summed E-state index contributed by atoms with van der Waals surface area (Å²) in [4.78, 5) is 7.28. The summed E-state index contributed by atoms with van der Waals surface area (Å²) in [6.45, 7) is 8.62. The van der Waals surface area contributed by atoms with Crippen molar-refractivity contribution in [3.05, 3.63) is 95.1 Å². The Morgan fingerprint density at radius 2 is 1.71 bits per heavy atom. The maximum atomic E-state index is 6.21. The first-order chi connectivity index (χ1) is 20.1. The topological polar surface area (TPSA) is 23.9 Å². The first-order valence-electron chi connectivity index (χ1n) is 14.7. The average molecular weight is 569 g/mol. The van der Waals surface area contributed by atoms with Crippen LogP contribution >= 0.6 is 11.6 Å². The number of fused-ring (bicyclic) bond motifs is 1. The van der Waals surface area contributed by atoms with Crippen molar-refractivity contribution in [1.29, 1.82) is 0 Å². The lowest BCUT2D eigenvalue weighted by Crippen LogP contribution is -2.46. The lowest BCUT2D eigenvalue weighted by atomic mass is 10.1. The van der Waals surface area contributed by atoms with Gasteiger partial charge in [-0.05, 0) is 86.4 Å². The Labute approximate surface area is 250 Å². The molecule has 214 valence electrons. The summed E-state index contributed by atoms with van der Waals surface area (Å²) in [6.07, 6.45) is 11.1. The molecule has 0 N–H and O–H groups in total. The van der Waals surface area contributed by atoms with Gasteiger partial charge in [-0.2, -0.15) is 0 Å². The number of rotatable bonds is 13. The van der Waals surface area contributed by atoms with Gasteiger partial charge in [0.1, 0.15) is 5.75 Å². The minimum absolute atomic E-state index is 0.658. The van der Waals surface area contributed by atoms with E-state index in [0.29, 0.717) is 6.54 Å². The molecular weight excluding hydrogens is 528 g/mol. The Balaban J connectivity index is 1.02. The van der Waals surface area contributed by atoms with Crippen molar-refractivity contribution in [2.75, 3.05) is 57.8 Å². The van der Waals surface area contributed by atoms with Gasteiger partial charge in [0.05, 0.1) is 18.7 Å². The third kappa shape index (κ3) is 8.07. The molecule has 5 rings (SSSR count). The number of ether oxygens (including phenoxy) is 1. The van der Waals surface area contributed by atoms with Gasteiger partial charge in [0.15, 0.2) is 0 Å². The first-order valence-corrected chi connectivity index (χ1v) is 15.1. The molecule has 5 nitrogen and oxygen atoms in total. The van der Waals surface area contributed by atoms with E-state index in [1.807, 2.05) is 25.2 Å². The molecule has 4 aromatic rings. The van der Waals surface area contributed by atoms with Crippen LogP contribution in [-0.4, -0.2) is 67.3 Å². The lowest BCUT2D eigenvalue weighted by Gasteiger charge is -2.36. The van der Waals surface area contributed by atoms with E-state index in [1.54, 1.807) is 0 Å². The molecule has 1 aliphatic heterocycles. The van der Waals surface area contributed by atoms with Crippen LogP contribution in [-0.2, 0) is 13.1 Å². The Bertz CT molecular complexity index is 1430. The van der Waals surface area contributed by atoms with Crippen molar-refractivity contribution in [3.63, 3.8) is 0 Å². The van der Waals surface area contributed by atoms with E-state index < -0.39 is 0 Å². The monoisotopic (exact) mass is 568 g/mol. The maximum Gasteiger partial charge on any atom is 0.119 e. The van der Waals surface area contributed by atoms with Crippen LogP contribution in [0.25, 0.3) is 10.9 Å². The minimum atomic E-state index is 0.658. The van der Waals surface area contributed by atoms with Gasteiger partial charge in [0.2, 0.25) is 0 Å². The molecule has 3 aromatic carbocycles. The number of nitrogens with zero attached hydrogens (tertiary/aromatic N) is 4. The number of hydrogen-bond acceptors (Lipinski definition) is 4. The molecule has 0 atom stereocenters. The fourth-order valence-corrected chi connectivity index (χ4v) is 5.90. The average Bonchev–Trinajstić information content (AvgIpc) is 3.39. The van der Waals surface area contributed by atoms with Gasteiger partial charge >= 0.3 is 0 Å². The van der Waals surface area contributed by atoms with E-state index in [4.69, 9.17) is 22.8 Å². The molecular formula is C35H41ClN4O. The Hall–Kier alpha value is -3.43. The van der Waals surface area contributed by atoms with E-state index in [0.717, 1.165) is 69.6 Å². The molecule has 6 heteroatoms. The third-order valence-corrected chi connectivity index (χ3v) is 8.11. The van der Waals surface area contributed by atoms with Crippen molar-refractivity contribution in [1.82, 2.24) is 14.4 Å². The normalized spacial score (nSPS) is 14.0. The van der Waals surface area contributed by atoms with Crippen molar-refractivity contribution in [2.45, 2.75) is 32.4 Å². The van der Waals surface area contributed by atoms with Crippen LogP contribution in [0.5, 0.6) is 5.75 Å². The van der Waals surface area contributed by atoms with E-state index >= 15 is 0 Å². The minimum Gasteiger partial charge on any atom is -0.494 e. The van der Waals surface area contributed by atoms with Crippen LogP contribution in [0.15, 0.2) is 79.0 Å². The molecule has 0 spiro atoms. The van der Waals surface area contributed by atoms with Gasteiger partial charge in [-0.25, -0.2) is 0 Å². The van der Waals surface area contributed by atoms with Crippen LogP contribution < -0.4 is 9.64 Å². The zero-order valence-electron chi connectivity index (χ0n) is 24.1. The molecule has 0 saturated carbocycles. The highest BCUT2D eigenvalue weighted by atomic mass is 35.5. The second-order valence-electron chi connectivity index (χ2n) is 11.0. The van der Waals surface area contributed by atoms with Gasteiger partial charge in [-0.3, -0.25) is 9.80 Å². The maximum absolute atomic E-state index is 6.21. The number of halogens is 1. The van der Waals surface area contributed by atoms with E-state index in [1.165, 1.54) is 40.6 Å². The van der Waals surface area contributed by atoms with E-state index in [9.17, 15) is 0 Å². The smallest absolute Gasteiger partial charge is 0.119 e. The highest BCUT2D eigenvalue weighted by molar-refractivity contribution is 6.30. The Kier molecular flexibility index (Phi) is 10.3. The molecule has 0 unspecified atom stereocenters. The molecule has 2 heterocycles. The van der Waals surface area contributed by atoms with Crippen LogP contribution in [0.3, 0.4) is 0 Å². The molecule has 0 aliphatic carbocycles. The van der Waals surface area contributed by atoms with Crippen molar-refractivity contribution < 1.29 is 4.74 Å². The molecule has 0 radical (unpaired) electrons. The Morgan fingerprint density at radius 3 is 2.49 bits per heavy atom. The first kappa shape index (κ1) is 29.1. The van der Waals surface area contributed by atoms with Crippen LogP contribution in [0.1, 0.15) is 30.4 Å². The number of benzene rings is 3. The molecule has 1 saturated heterocycles. The van der Waals surface area contributed by atoms with Crippen LogP contribution in [0.2, 0.25) is 5.02 Å². The second kappa shape index (κ2) is 14.5. The predicted molar refractivity (Wildman–Crippen MR) is 172 cm³/mol. The number of hydrogen-bond donors (Lipinski definition) is 0. The molecule has 1 aromatic heterocycles. The number of piperazine rings is 1. The van der Waals surface area contributed by atoms with Gasteiger partial charge in [0.25, 0.3) is 0 Å². The molecule has 1 fully saturated rings. The molecule has 41 heavy (non-hydrogen) atoms. The van der Waals surface area contributed by atoms with E-state index in [2.05, 4.69) is 86.0 Å². The fourth-order valence-electron chi connectivity index (χ4n) is 5.68. The summed E-state index contributed by atoms with van der Waals surface area (Å²) in [5, 5.41) is 2.11. The number of terminal acetylenes is 1. The summed E-state index contributed by atoms with van der Waals surface area (Å²) < 4.78 is 8.29. The third-order valence-electron chi connectivity index (χ3n) is 7.87. The molecule has 0 bridgehead atoms. The summed E-state index contributed by atoms with van der Waals surface area (Å²) in [7, 11) is 2.04. The SMILES string of the molecule is C#CCN(C)Cc1ccc(OCCCCCN2CCN(c3cccc4c3ccn4Cc3cccc(Cl)c3)CC2)cc1. The van der Waals surface area contributed by atoms with Gasteiger partial charge in [-0.1, -0.05) is 47.9 Å². The second-order valence-corrected chi connectivity index (χ2v) is 11.5. The fraction of sp³-hybridized carbons (Fsp3) is 0.371. The summed E-state index contributed by atoms with van der Waals surface area (Å²) in [5.41, 5.74) is 5.09. The van der Waals surface area contributed by atoms with Crippen molar-refractivity contribution in [3.8, 4) is 18.1 Å². The zero-order chi connectivity index (χ0) is 28.4. The number of aromatic nitrogens is 1. The van der Waals surface area contributed by atoms with Crippen molar-refractivity contribution >= 4 is 28.2 Å². The standard InChI is InChI=1S/C35H41ClN4O/c1-3-18-37(2)27-29-13-15-32(16-14-29)41-25-6-4-5-19-38-21-23-39(24-22-38)34-11-8-12-35-33(34)17-20-40(35)28-30-9-7-10-31(36)26-30/h1,7-17,20,26H,4-6,18-19,21-25,27-28H2,2H3. The largest absolute Gasteiger partial charge is 0.494 e. The lowest BCUT2D eigenvalue weighted by molar-refractivity contribution is 0.246. The van der Waals surface area contributed by atoms with Gasteiger partial charge in [-0.15, -0.1) is 6.42 Å². The van der Waals surface area contributed by atoms with Gasteiger partial charge in [0, 0.05) is 61.6 Å². The summed E-state index contributed by atoms with van der Waals surface area (Å²) in [6, 6.07) is 25.4. The van der Waals surface area contributed by atoms with Crippen LogP contribution in [0.4, 0.5) is 5.69 Å². The van der Waals surface area contributed by atoms with Gasteiger partial charge < -0.3 is 14.2 Å². The molecule has 1 aliphatic rings. The predicted octanol–water partition coefficient (Wildman–Crippen LogP) is 6.78. The number of anilines is 1. The Morgan fingerprint density at radius 1 is 0.902 bits per heavy atom. The zero-order valence-corrected chi connectivity index (χ0v) is 24.9. The van der Waals surface area contributed by atoms with Crippen LogP contribution in [0, 0.1) is 12.3 Å². The van der Waals surface area contributed by atoms with E-state index in [-0.39, 0.29) is 0 Å². The summed E-state index contributed by atoms with van der Waals surface area (Å²) in [5.74, 6) is 3.62. The summed E-state index contributed by atoms with van der Waals surface area (Å²) >= 11 is 6.21. The quantitative estimate of drug-likeness (QED) is 0.131. The highest BCUT2D eigenvalue weighted by Gasteiger charge is 2.19.